The van der Waals surface area contributed by atoms with Crippen molar-refractivity contribution in [1.29, 1.82) is 0 Å². The predicted molar refractivity (Wildman–Crippen MR) is 85.8 cm³/mol. The Hall–Kier alpha value is -2.41. The molecular weight excluding hydrogens is 329 g/mol. The van der Waals surface area contributed by atoms with Crippen molar-refractivity contribution in [3.05, 3.63) is 35.3 Å². The standard InChI is InChI=1S/C18H18FNO5/c1-10-13-6-12(19)2-3-14(13)25-15(10)16(21)20-7-11-8-24-5-4-18(11,9-20)17(22)23/h2-3,6,11H,4-5,7-9H2,1H3,(H,22,23)/t11-,18+/m0/s1. The van der Waals surface area contributed by atoms with Crippen molar-refractivity contribution in [2.24, 2.45) is 11.3 Å². The molecule has 0 spiro atoms. The summed E-state index contributed by atoms with van der Waals surface area (Å²) in [5.74, 6) is -1.74. The molecule has 0 radical (unpaired) electrons. The number of nitrogens with zero attached hydrogens (tertiary/aromatic N) is 1. The molecule has 0 unspecified atom stereocenters. The van der Waals surface area contributed by atoms with Crippen molar-refractivity contribution in [2.45, 2.75) is 13.3 Å². The molecule has 2 aliphatic rings. The van der Waals surface area contributed by atoms with E-state index in [0.29, 0.717) is 42.7 Å². The van der Waals surface area contributed by atoms with Crippen LogP contribution in [0.4, 0.5) is 4.39 Å². The fourth-order valence-corrected chi connectivity index (χ4v) is 3.99. The maximum absolute atomic E-state index is 13.5. The summed E-state index contributed by atoms with van der Waals surface area (Å²) < 4.78 is 24.5. The van der Waals surface area contributed by atoms with Crippen LogP contribution in [-0.4, -0.2) is 48.2 Å². The molecule has 2 atom stereocenters. The third kappa shape index (κ3) is 2.33. The molecule has 1 aromatic heterocycles. The van der Waals surface area contributed by atoms with Gasteiger partial charge in [0.2, 0.25) is 0 Å². The number of aryl methyl sites for hydroxylation is 1. The van der Waals surface area contributed by atoms with E-state index in [9.17, 15) is 19.1 Å². The van der Waals surface area contributed by atoms with Crippen LogP contribution in [-0.2, 0) is 9.53 Å². The Labute approximate surface area is 143 Å². The molecule has 132 valence electrons. The highest BCUT2D eigenvalue weighted by molar-refractivity contribution is 5.99. The summed E-state index contributed by atoms with van der Waals surface area (Å²) in [5, 5.41) is 10.3. The Morgan fingerprint density at radius 3 is 2.92 bits per heavy atom. The highest BCUT2D eigenvalue weighted by Crippen LogP contribution is 2.43. The minimum absolute atomic E-state index is 0.139. The lowest BCUT2D eigenvalue weighted by atomic mass is 9.74. The SMILES string of the molecule is Cc1c(C(=O)N2C[C@H]3COCC[C@@]3(C(=O)O)C2)oc2ccc(F)cc12. The molecule has 2 fully saturated rings. The van der Waals surface area contributed by atoms with Crippen molar-refractivity contribution in [1.82, 2.24) is 4.90 Å². The molecule has 1 amide bonds. The van der Waals surface area contributed by atoms with Crippen LogP contribution in [0.15, 0.2) is 22.6 Å². The Bertz CT molecular complexity index is 876. The van der Waals surface area contributed by atoms with E-state index in [0.717, 1.165) is 0 Å². The fraction of sp³-hybridized carbons (Fsp3) is 0.444. The first-order valence-electron chi connectivity index (χ1n) is 8.21. The maximum Gasteiger partial charge on any atom is 0.311 e. The van der Waals surface area contributed by atoms with Gasteiger partial charge in [0.1, 0.15) is 11.4 Å². The number of carbonyl (C=O) groups is 2. The fourth-order valence-electron chi connectivity index (χ4n) is 3.99. The number of ether oxygens (including phenoxy) is 1. The molecule has 0 aliphatic carbocycles. The quantitative estimate of drug-likeness (QED) is 0.903. The summed E-state index contributed by atoms with van der Waals surface area (Å²) in [5.41, 5.74) is 0.0464. The van der Waals surface area contributed by atoms with Crippen LogP contribution in [0.5, 0.6) is 0 Å². The number of carbonyl (C=O) groups excluding carboxylic acids is 1. The summed E-state index contributed by atoms with van der Waals surface area (Å²) in [7, 11) is 0. The molecule has 1 aromatic carbocycles. The van der Waals surface area contributed by atoms with Crippen molar-refractivity contribution < 1.29 is 28.2 Å². The van der Waals surface area contributed by atoms with Gasteiger partial charge in [-0.25, -0.2) is 4.39 Å². The van der Waals surface area contributed by atoms with Gasteiger partial charge in [-0.2, -0.15) is 0 Å². The van der Waals surface area contributed by atoms with Gasteiger partial charge in [0.15, 0.2) is 5.76 Å². The molecule has 6 nitrogen and oxygen atoms in total. The van der Waals surface area contributed by atoms with E-state index in [4.69, 9.17) is 9.15 Å². The van der Waals surface area contributed by atoms with Gasteiger partial charge < -0.3 is 19.2 Å². The summed E-state index contributed by atoms with van der Waals surface area (Å²) in [6.07, 6.45) is 0.390. The van der Waals surface area contributed by atoms with Crippen LogP contribution in [0.25, 0.3) is 11.0 Å². The third-order valence-electron chi connectivity index (χ3n) is 5.51. The maximum atomic E-state index is 13.5. The van der Waals surface area contributed by atoms with E-state index in [1.807, 2.05) is 0 Å². The van der Waals surface area contributed by atoms with E-state index in [1.165, 1.54) is 23.1 Å². The van der Waals surface area contributed by atoms with E-state index >= 15 is 0 Å². The molecule has 25 heavy (non-hydrogen) atoms. The zero-order valence-electron chi connectivity index (χ0n) is 13.8. The number of hydrogen-bond donors (Lipinski definition) is 1. The first kappa shape index (κ1) is 16.1. The molecule has 0 bridgehead atoms. The number of carboxylic acids is 1. The lowest BCUT2D eigenvalue weighted by Crippen LogP contribution is -2.45. The van der Waals surface area contributed by atoms with Crippen LogP contribution in [0.2, 0.25) is 0 Å². The number of hydrogen-bond acceptors (Lipinski definition) is 4. The number of likely N-dealkylation sites (tertiary alicyclic amines) is 1. The van der Waals surface area contributed by atoms with Gasteiger partial charge >= 0.3 is 5.97 Å². The topological polar surface area (TPSA) is 80.0 Å². The number of rotatable bonds is 2. The molecule has 7 heteroatoms. The first-order valence-corrected chi connectivity index (χ1v) is 8.21. The molecule has 2 aromatic rings. The average Bonchev–Trinajstić information content (AvgIpc) is 3.14. The van der Waals surface area contributed by atoms with Crippen LogP contribution in [0.1, 0.15) is 22.5 Å². The number of furan rings is 1. The van der Waals surface area contributed by atoms with Gasteiger partial charge in [0.05, 0.1) is 12.0 Å². The summed E-state index contributed by atoms with van der Waals surface area (Å²) in [6, 6.07) is 4.10. The van der Waals surface area contributed by atoms with Gasteiger partial charge in [0, 0.05) is 36.6 Å². The molecule has 3 heterocycles. The zero-order chi connectivity index (χ0) is 17.8. The number of fused-ring (bicyclic) bond motifs is 2. The second-order valence-electron chi connectivity index (χ2n) is 6.87. The van der Waals surface area contributed by atoms with Crippen molar-refractivity contribution >= 4 is 22.8 Å². The third-order valence-corrected chi connectivity index (χ3v) is 5.51. The highest BCUT2D eigenvalue weighted by Gasteiger charge is 2.55. The van der Waals surface area contributed by atoms with Gasteiger partial charge in [-0.15, -0.1) is 0 Å². The van der Waals surface area contributed by atoms with E-state index in [1.54, 1.807) is 6.92 Å². The highest BCUT2D eigenvalue weighted by atomic mass is 19.1. The number of aliphatic carboxylic acids is 1. The van der Waals surface area contributed by atoms with Gasteiger partial charge in [-0.3, -0.25) is 9.59 Å². The number of halogens is 1. The largest absolute Gasteiger partial charge is 0.481 e. The second-order valence-corrected chi connectivity index (χ2v) is 6.87. The normalized spacial score (nSPS) is 26.0. The minimum atomic E-state index is -0.958. The van der Waals surface area contributed by atoms with E-state index in [-0.39, 0.29) is 24.1 Å². The van der Waals surface area contributed by atoms with Gasteiger partial charge in [-0.1, -0.05) is 0 Å². The van der Waals surface area contributed by atoms with E-state index in [2.05, 4.69) is 0 Å². The summed E-state index contributed by atoms with van der Waals surface area (Å²) >= 11 is 0. The molecule has 4 rings (SSSR count). The molecular formula is C18H18FNO5. The lowest BCUT2D eigenvalue weighted by molar-refractivity contribution is -0.157. The number of amides is 1. The summed E-state index contributed by atoms with van der Waals surface area (Å²) in [6.45, 7) is 2.88. The van der Waals surface area contributed by atoms with Gasteiger partial charge in [0.25, 0.3) is 5.91 Å². The first-order chi connectivity index (χ1) is 11.9. The Morgan fingerprint density at radius 1 is 1.40 bits per heavy atom. The predicted octanol–water partition coefficient (Wildman–Crippen LogP) is 2.44. The smallest absolute Gasteiger partial charge is 0.311 e. The van der Waals surface area contributed by atoms with Crippen molar-refractivity contribution in [3.63, 3.8) is 0 Å². The van der Waals surface area contributed by atoms with Gasteiger partial charge in [-0.05, 0) is 31.5 Å². The molecule has 2 saturated heterocycles. The van der Waals surface area contributed by atoms with E-state index < -0.39 is 17.2 Å². The number of carboxylic acid groups (broad SMARTS) is 1. The van der Waals surface area contributed by atoms with Crippen LogP contribution >= 0.6 is 0 Å². The van der Waals surface area contributed by atoms with Crippen molar-refractivity contribution in [3.8, 4) is 0 Å². The Morgan fingerprint density at radius 2 is 2.20 bits per heavy atom. The monoisotopic (exact) mass is 347 g/mol. The van der Waals surface area contributed by atoms with Crippen LogP contribution < -0.4 is 0 Å². The van der Waals surface area contributed by atoms with Crippen molar-refractivity contribution in [2.75, 3.05) is 26.3 Å². The minimum Gasteiger partial charge on any atom is -0.481 e. The molecule has 0 saturated carbocycles. The average molecular weight is 347 g/mol. The molecule has 1 N–H and O–H groups in total. The Kier molecular flexibility index (Phi) is 3.57. The molecule has 2 aliphatic heterocycles. The lowest BCUT2D eigenvalue weighted by Gasteiger charge is -2.33. The summed E-state index contributed by atoms with van der Waals surface area (Å²) in [4.78, 5) is 26.3. The Balaban J connectivity index is 1.68. The van der Waals surface area contributed by atoms with Crippen LogP contribution in [0.3, 0.4) is 0 Å². The van der Waals surface area contributed by atoms with Crippen LogP contribution in [0, 0.1) is 24.1 Å². The number of benzene rings is 1. The second kappa shape index (κ2) is 5.56. The zero-order valence-corrected chi connectivity index (χ0v) is 13.8.